The number of rotatable bonds is 6. The molecule has 1 heterocycles. The maximum Gasteiger partial charge on any atom is 0.338 e. The summed E-state index contributed by atoms with van der Waals surface area (Å²) < 4.78 is 5.96. The molecule has 1 amide bonds. The van der Waals surface area contributed by atoms with Crippen LogP contribution in [0.1, 0.15) is 37.0 Å². The molecule has 0 aliphatic carbocycles. The predicted molar refractivity (Wildman–Crippen MR) is 82.4 cm³/mol. The van der Waals surface area contributed by atoms with Crippen molar-refractivity contribution in [3.63, 3.8) is 0 Å². The first kappa shape index (κ1) is 15.4. The van der Waals surface area contributed by atoms with Gasteiger partial charge in [-0.1, -0.05) is 13.8 Å². The third-order valence-corrected chi connectivity index (χ3v) is 4.04. The summed E-state index contributed by atoms with van der Waals surface area (Å²) in [5, 5.41) is 2.82. The Labute approximate surface area is 127 Å². The quantitative estimate of drug-likeness (QED) is 0.833. The molecular formula is C15H18N2O3S. The van der Waals surface area contributed by atoms with E-state index < -0.39 is 5.97 Å². The Bertz CT molecular complexity index is 635. The van der Waals surface area contributed by atoms with Crippen LogP contribution in [0.5, 0.6) is 0 Å². The van der Waals surface area contributed by atoms with E-state index in [4.69, 9.17) is 4.74 Å². The maximum absolute atomic E-state index is 11.9. The van der Waals surface area contributed by atoms with E-state index in [1.807, 2.05) is 13.8 Å². The van der Waals surface area contributed by atoms with Crippen LogP contribution < -0.4 is 5.32 Å². The Morgan fingerprint density at radius 3 is 2.81 bits per heavy atom. The molecule has 0 atom stereocenters. The second kappa shape index (κ2) is 7.17. The SMILES string of the molecule is CCC(CC)NC(=O)COC(=O)c1ccc2ncsc2c1. The van der Waals surface area contributed by atoms with Gasteiger partial charge in [0.2, 0.25) is 0 Å². The number of carbonyl (C=O) groups excluding carboxylic acids is 2. The average Bonchev–Trinajstić information content (AvgIpc) is 2.97. The topological polar surface area (TPSA) is 68.3 Å². The van der Waals surface area contributed by atoms with E-state index in [9.17, 15) is 9.59 Å². The first-order valence-corrected chi connectivity index (χ1v) is 7.81. The van der Waals surface area contributed by atoms with E-state index in [1.54, 1.807) is 23.7 Å². The maximum atomic E-state index is 11.9. The molecule has 0 radical (unpaired) electrons. The molecule has 1 aromatic heterocycles. The molecule has 0 fully saturated rings. The summed E-state index contributed by atoms with van der Waals surface area (Å²) >= 11 is 1.46. The van der Waals surface area contributed by atoms with Gasteiger partial charge in [0.05, 0.1) is 21.3 Å². The minimum atomic E-state index is -0.495. The van der Waals surface area contributed by atoms with Gasteiger partial charge in [-0.2, -0.15) is 0 Å². The Balaban J connectivity index is 1.90. The molecule has 0 bridgehead atoms. The van der Waals surface area contributed by atoms with Crippen molar-refractivity contribution in [3.05, 3.63) is 29.3 Å². The molecule has 1 aromatic carbocycles. The molecule has 0 spiro atoms. The molecule has 21 heavy (non-hydrogen) atoms. The molecular weight excluding hydrogens is 288 g/mol. The smallest absolute Gasteiger partial charge is 0.338 e. The number of ether oxygens (including phenoxy) is 1. The van der Waals surface area contributed by atoms with Crippen molar-refractivity contribution in [2.24, 2.45) is 0 Å². The van der Waals surface area contributed by atoms with Crippen LogP contribution in [-0.2, 0) is 9.53 Å². The first-order valence-electron chi connectivity index (χ1n) is 6.93. The van der Waals surface area contributed by atoms with Gasteiger partial charge < -0.3 is 10.1 Å². The number of thiazole rings is 1. The number of amides is 1. The van der Waals surface area contributed by atoms with Crippen LogP contribution in [0.4, 0.5) is 0 Å². The molecule has 6 heteroatoms. The number of carbonyl (C=O) groups is 2. The van der Waals surface area contributed by atoms with Crippen LogP contribution in [0, 0.1) is 0 Å². The number of fused-ring (bicyclic) bond motifs is 1. The first-order chi connectivity index (χ1) is 10.1. The molecule has 0 saturated carbocycles. The minimum Gasteiger partial charge on any atom is -0.452 e. The molecule has 2 rings (SSSR count). The molecule has 1 N–H and O–H groups in total. The highest BCUT2D eigenvalue weighted by Gasteiger charge is 2.13. The van der Waals surface area contributed by atoms with Crippen molar-refractivity contribution in [1.82, 2.24) is 10.3 Å². The van der Waals surface area contributed by atoms with Gasteiger partial charge in [0.25, 0.3) is 5.91 Å². The zero-order valence-corrected chi connectivity index (χ0v) is 12.9. The van der Waals surface area contributed by atoms with Gasteiger partial charge in [-0.15, -0.1) is 11.3 Å². The highest BCUT2D eigenvalue weighted by Crippen LogP contribution is 2.19. The van der Waals surface area contributed by atoms with E-state index in [2.05, 4.69) is 10.3 Å². The molecule has 0 aliphatic rings. The summed E-state index contributed by atoms with van der Waals surface area (Å²) in [6.07, 6.45) is 1.72. The predicted octanol–water partition coefficient (Wildman–Crippen LogP) is 2.76. The number of esters is 1. The minimum absolute atomic E-state index is 0.129. The fraction of sp³-hybridized carbons (Fsp3) is 0.400. The number of hydrogen-bond donors (Lipinski definition) is 1. The third-order valence-electron chi connectivity index (χ3n) is 3.25. The molecule has 0 aliphatic heterocycles. The van der Waals surface area contributed by atoms with Gasteiger partial charge in [0.1, 0.15) is 0 Å². The van der Waals surface area contributed by atoms with E-state index in [0.717, 1.165) is 23.1 Å². The van der Waals surface area contributed by atoms with E-state index in [1.165, 1.54) is 11.3 Å². The van der Waals surface area contributed by atoms with Gasteiger partial charge in [0, 0.05) is 6.04 Å². The van der Waals surface area contributed by atoms with Crippen LogP contribution in [0.25, 0.3) is 10.2 Å². The second-order valence-corrected chi connectivity index (χ2v) is 5.58. The van der Waals surface area contributed by atoms with Crippen molar-refractivity contribution in [3.8, 4) is 0 Å². The van der Waals surface area contributed by atoms with Crippen LogP contribution in [0.3, 0.4) is 0 Å². The number of nitrogens with zero attached hydrogens (tertiary/aromatic N) is 1. The largest absolute Gasteiger partial charge is 0.452 e. The van der Waals surface area contributed by atoms with Crippen LogP contribution in [0.2, 0.25) is 0 Å². The highest BCUT2D eigenvalue weighted by molar-refractivity contribution is 7.16. The van der Waals surface area contributed by atoms with Crippen molar-refractivity contribution < 1.29 is 14.3 Å². The van der Waals surface area contributed by atoms with E-state index in [0.29, 0.717) is 5.56 Å². The molecule has 0 saturated heterocycles. The lowest BCUT2D eigenvalue weighted by atomic mass is 10.2. The van der Waals surface area contributed by atoms with Crippen LogP contribution in [-0.4, -0.2) is 29.5 Å². The van der Waals surface area contributed by atoms with Gasteiger partial charge >= 0.3 is 5.97 Å². The Hall–Kier alpha value is -1.95. The van der Waals surface area contributed by atoms with Crippen molar-refractivity contribution >= 4 is 33.4 Å². The second-order valence-electron chi connectivity index (χ2n) is 4.69. The van der Waals surface area contributed by atoms with Crippen molar-refractivity contribution in [1.29, 1.82) is 0 Å². The fourth-order valence-corrected chi connectivity index (χ4v) is 2.67. The monoisotopic (exact) mass is 306 g/mol. The summed E-state index contributed by atoms with van der Waals surface area (Å²) in [6.45, 7) is 3.76. The zero-order chi connectivity index (χ0) is 15.2. The lowest BCUT2D eigenvalue weighted by Gasteiger charge is -2.14. The van der Waals surface area contributed by atoms with E-state index >= 15 is 0 Å². The Morgan fingerprint density at radius 1 is 1.33 bits per heavy atom. The highest BCUT2D eigenvalue weighted by atomic mass is 32.1. The Morgan fingerprint density at radius 2 is 2.10 bits per heavy atom. The Kier molecular flexibility index (Phi) is 5.27. The van der Waals surface area contributed by atoms with Gasteiger partial charge in [-0.3, -0.25) is 4.79 Å². The van der Waals surface area contributed by atoms with Gasteiger partial charge in [-0.25, -0.2) is 9.78 Å². The lowest BCUT2D eigenvalue weighted by molar-refractivity contribution is -0.125. The van der Waals surface area contributed by atoms with Crippen molar-refractivity contribution in [2.75, 3.05) is 6.61 Å². The van der Waals surface area contributed by atoms with Crippen molar-refractivity contribution in [2.45, 2.75) is 32.7 Å². The average molecular weight is 306 g/mol. The number of benzene rings is 1. The summed E-state index contributed by atoms with van der Waals surface area (Å²) in [5.74, 6) is -0.763. The summed E-state index contributed by atoms with van der Waals surface area (Å²) in [5.41, 5.74) is 3.01. The number of aromatic nitrogens is 1. The normalized spacial score (nSPS) is 10.8. The molecule has 5 nitrogen and oxygen atoms in total. The third kappa shape index (κ3) is 4.01. The van der Waals surface area contributed by atoms with Gasteiger partial charge in [-0.05, 0) is 31.0 Å². The molecule has 0 unspecified atom stereocenters. The number of hydrogen-bond acceptors (Lipinski definition) is 5. The van der Waals surface area contributed by atoms with Crippen LogP contribution in [0.15, 0.2) is 23.7 Å². The standard InChI is InChI=1S/C15H18N2O3S/c1-3-11(4-2)17-14(18)8-20-15(19)10-5-6-12-13(7-10)21-9-16-12/h5-7,9,11H,3-4,8H2,1-2H3,(H,17,18). The van der Waals surface area contributed by atoms with E-state index in [-0.39, 0.29) is 18.6 Å². The summed E-state index contributed by atoms with van der Waals surface area (Å²) in [6, 6.07) is 5.29. The zero-order valence-electron chi connectivity index (χ0n) is 12.1. The molecule has 2 aromatic rings. The fourth-order valence-electron chi connectivity index (χ4n) is 1.96. The van der Waals surface area contributed by atoms with Crippen LogP contribution >= 0.6 is 11.3 Å². The summed E-state index contributed by atoms with van der Waals surface area (Å²) in [7, 11) is 0. The van der Waals surface area contributed by atoms with Gasteiger partial charge in [0.15, 0.2) is 6.61 Å². The summed E-state index contributed by atoms with van der Waals surface area (Å²) in [4.78, 5) is 27.8. The lowest BCUT2D eigenvalue weighted by Crippen LogP contribution is -2.36. The molecule has 112 valence electrons. The number of nitrogens with one attached hydrogen (secondary N) is 1.